The van der Waals surface area contributed by atoms with E-state index in [2.05, 4.69) is 0 Å². The van der Waals surface area contributed by atoms with Gasteiger partial charge in [0.1, 0.15) is 4.90 Å². The van der Waals surface area contributed by atoms with Crippen molar-refractivity contribution >= 4 is 44.8 Å². The van der Waals surface area contributed by atoms with Crippen LogP contribution in [0.2, 0.25) is 10.0 Å². The minimum absolute atomic E-state index is 0.0896. The first-order chi connectivity index (χ1) is 9.95. The van der Waals surface area contributed by atoms with Crippen molar-refractivity contribution in [2.24, 2.45) is 11.8 Å². The molecule has 1 saturated heterocycles. The van der Waals surface area contributed by atoms with Gasteiger partial charge in [0.05, 0.1) is 10.9 Å². The van der Waals surface area contributed by atoms with E-state index in [0.29, 0.717) is 35.5 Å². The van der Waals surface area contributed by atoms with E-state index in [4.69, 9.17) is 34.8 Å². The highest BCUT2D eigenvalue weighted by Crippen LogP contribution is 2.41. The van der Waals surface area contributed by atoms with Gasteiger partial charge >= 0.3 is 0 Å². The monoisotopic (exact) mass is 367 g/mol. The summed E-state index contributed by atoms with van der Waals surface area (Å²) in [5, 5.41) is 0.543. The maximum atomic E-state index is 12.8. The van der Waals surface area contributed by atoms with E-state index in [-0.39, 0.29) is 15.8 Å². The number of fused-ring (bicyclic) bond motifs is 1. The average molecular weight is 369 g/mol. The number of benzene rings is 1. The lowest BCUT2D eigenvalue weighted by Gasteiger charge is -2.19. The molecule has 2 unspecified atom stereocenters. The van der Waals surface area contributed by atoms with Gasteiger partial charge in [0.15, 0.2) is 0 Å². The van der Waals surface area contributed by atoms with Crippen LogP contribution in [0, 0.1) is 11.8 Å². The second-order valence-electron chi connectivity index (χ2n) is 5.74. The van der Waals surface area contributed by atoms with Crippen molar-refractivity contribution in [3.8, 4) is 0 Å². The molecular formula is C14H16Cl3NO2S. The van der Waals surface area contributed by atoms with Gasteiger partial charge in [-0.25, -0.2) is 8.42 Å². The summed E-state index contributed by atoms with van der Waals surface area (Å²) in [6, 6.07) is 3.03. The first kappa shape index (κ1) is 15.9. The summed E-state index contributed by atoms with van der Waals surface area (Å²) in [4.78, 5) is 0.115. The number of hydrogen-bond donors (Lipinski definition) is 0. The largest absolute Gasteiger partial charge is 0.244 e. The molecule has 3 nitrogen and oxygen atoms in total. The predicted octanol–water partition coefficient (Wildman–Crippen LogP) is 4.15. The summed E-state index contributed by atoms with van der Waals surface area (Å²) in [7, 11) is -3.58. The second-order valence-corrected chi connectivity index (χ2v) is 8.70. The third kappa shape index (κ3) is 2.70. The summed E-state index contributed by atoms with van der Waals surface area (Å²) < 4.78 is 27.2. The lowest BCUT2D eigenvalue weighted by molar-refractivity contribution is 0.445. The van der Waals surface area contributed by atoms with Gasteiger partial charge in [0, 0.05) is 23.7 Å². The van der Waals surface area contributed by atoms with Gasteiger partial charge in [-0.15, -0.1) is 11.6 Å². The number of alkyl halides is 1. The van der Waals surface area contributed by atoms with E-state index in [9.17, 15) is 8.42 Å². The van der Waals surface area contributed by atoms with Gasteiger partial charge in [-0.05, 0) is 36.8 Å². The summed E-state index contributed by atoms with van der Waals surface area (Å²) in [6.45, 7) is 1.20. The molecule has 2 aliphatic rings. The Bertz CT molecular complexity index is 650. The normalized spacial score (nSPS) is 26.2. The Morgan fingerprint density at radius 3 is 2.33 bits per heavy atom. The van der Waals surface area contributed by atoms with Gasteiger partial charge in [-0.2, -0.15) is 4.31 Å². The molecule has 1 saturated carbocycles. The Labute approximate surface area is 140 Å². The standard InChI is InChI=1S/C14H16Cl3NO2S/c15-6-11-12(16)4-5-13(14(11)17)21(19,20)18-7-9-2-1-3-10(9)8-18/h4-5,9-10H,1-3,6-8H2. The number of hydrogen-bond acceptors (Lipinski definition) is 2. The van der Waals surface area contributed by atoms with Crippen molar-refractivity contribution in [1.82, 2.24) is 4.31 Å². The Hall–Kier alpha value is -0.000000000000000132. The molecule has 7 heteroatoms. The van der Waals surface area contributed by atoms with Gasteiger partial charge in [0.25, 0.3) is 0 Å². The van der Waals surface area contributed by atoms with Crippen LogP contribution in [-0.2, 0) is 15.9 Å². The topological polar surface area (TPSA) is 37.4 Å². The van der Waals surface area contributed by atoms with Gasteiger partial charge in [0.2, 0.25) is 10.0 Å². The van der Waals surface area contributed by atoms with Crippen molar-refractivity contribution in [3.63, 3.8) is 0 Å². The lowest BCUT2D eigenvalue weighted by atomic mass is 10.0. The molecule has 0 aromatic heterocycles. The highest BCUT2D eigenvalue weighted by atomic mass is 35.5. The van der Waals surface area contributed by atoms with E-state index < -0.39 is 10.0 Å². The molecule has 3 rings (SSSR count). The minimum atomic E-state index is -3.58. The molecule has 116 valence electrons. The van der Waals surface area contributed by atoms with Crippen LogP contribution in [0.4, 0.5) is 0 Å². The first-order valence-corrected chi connectivity index (χ1v) is 9.71. The molecular weight excluding hydrogens is 353 g/mol. The van der Waals surface area contributed by atoms with Crippen LogP contribution in [0.25, 0.3) is 0 Å². The Morgan fingerprint density at radius 2 is 1.76 bits per heavy atom. The molecule has 0 bridgehead atoms. The Balaban J connectivity index is 1.96. The first-order valence-electron chi connectivity index (χ1n) is 6.98. The highest BCUT2D eigenvalue weighted by molar-refractivity contribution is 7.89. The fourth-order valence-corrected chi connectivity index (χ4v) is 6.28. The van der Waals surface area contributed by atoms with Gasteiger partial charge in [-0.3, -0.25) is 0 Å². The van der Waals surface area contributed by atoms with Crippen molar-refractivity contribution < 1.29 is 8.42 Å². The molecule has 1 aromatic rings. The Morgan fingerprint density at radius 1 is 1.14 bits per heavy atom. The van der Waals surface area contributed by atoms with E-state index in [1.807, 2.05) is 0 Å². The predicted molar refractivity (Wildman–Crippen MR) is 85.6 cm³/mol. The van der Waals surface area contributed by atoms with Crippen molar-refractivity contribution in [2.45, 2.75) is 30.0 Å². The van der Waals surface area contributed by atoms with E-state index in [0.717, 1.165) is 12.8 Å². The van der Waals surface area contributed by atoms with Crippen LogP contribution in [-0.4, -0.2) is 25.8 Å². The fraction of sp³-hybridized carbons (Fsp3) is 0.571. The zero-order valence-electron chi connectivity index (χ0n) is 11.4. The van der Waals surface area contributed by atoms with Crippen LogP contribution < -0.4 is 0 Å². The minimum Gasteiger partial charge on any atom is -0.207 e. The van der Waals surface area contributed by atoms with Crippen LogP contribution in [0.15, 0.2) is 17.0 Å². The third-order valence-corrected chi connectivity index (χ3v) is 7.63. The van der Waals surface area contributed by atoms with Crippen molar-refractivity contribution in [3.05, 3.63) is 27.7 Å². The average Bonchev–Trinajstić information content (AvgIpc) is 2.99. The fourth-order valence-electron chi connectivity index (χ4n) is 3.43. The molecule has 1 aliphatic heterocycles. The molecule has 1 aromatic carbocycles. The van der Waals surface area contributed by atoms with Crippen LogP contribution >= 0.6 is 34.8 Å². The maximum Gasteiger partial charge on any atom is 0.244 e. The molecule has 2 atom stereocenters. The second kappa shape index (κ2) is 5.89. The zero-order chi connectivity index (χ0) is 15.2. The van der Waals surface area contributed by atoms with Crippen molar-refractivity contribution in [2.75, 3.05) is 13.1 Å². The number of nitrogens with zero attached hydrogens (tertiary/aromatic N) is 1. The summed E-state index contributed by atoms with van der Waals surface area (Å²) in [6.07, 6.45) is 3.46. The molecule has 0 radical (unpaired) electrons. The highest BCUT2D eigenvalue weighted by Gasteiger charge is 2.42. The third-order valence-electron chi connectivity index (χ3n) is 4.59. The Kier molecular flexibility index (Phi) is 4.46. The van der Waals surface area contributed by atoms with Crippen LogP contribution in [0.3, 0.4) is 0 Å². The van der Waals surface area contributed by atoms with E-state index in [1.54, 1.807) is 10.4 Å². The number of rotatable bonds is 3. The maximum absolute atomic E-state index is 12.8. The quantitative estimate of drug-likeness (QED) is 0.751. The molecule has 2 fully saturated rings. The summed E-state index contributed by atoms with van der Waals surface area (Å²) in [5.74, 6) is 1.09. The van der Waals surface area contributed by atoms with Gasteiger partial charge in [-0.1, -0.05) is 29.6 Å². The lowest BCUT2D eigenvalue weighted by Crippen LogP contribution is -2.30. The zero-order valence-corrected chi connectivity index (χ0v) is 14.4. The van der Waals surface area contributed by atoms with E-state index >= 15 is 0 Å². The summed E-state index contributed by atoms with van der Waals surface area (Å²) in [5.41, 5.74) is 0.473. The molecule has 0 amide bonds. The molecule has 0 spiro atoms. The molecule has 0 N–H and O–H groups in total. The smallest absolute Gasteiger partial charge is 0.207 e. The van der Waals surface area contributed by atoms with E-state index in [1.165, 1.54) is 12.5 Å². The number of halogens is 3. The summed E-state index contributed by atoms with van der Waals surface area (Å²) >= 11 is 18.1. The molecule has 1 heterocycles. The van der Waals surface area contributed by atoms with Crippen LogP contribution in [0.5, 0.6) is 0 Å². The van der Waals surface area contributed by atoms with Crippen molar-refractivity contribution in [1.29, 1.82) is 0 Å². The number of sulfonamides is 1. The SMILES string of the molecule is O=S(=O)(c1ccc(Cl)c(CCl)c1Cl)N1CC2CCCC2C1. The molecule has 1 aliphatic carbocycles. The van der Waals surface area contributed by atoms with Crippen LogP contribution in [0.1, 0.15) is 24.8 Å². The molecule has 21 heavy (non-hydrogen) atoms. The van der Waals surface area contributed by atoms with Gasteiger partial charge < -0.3 is 0 Å².